The fraction of sp³-hybridized carbons (Fsp3) is 0.500. The molecule has 0 bridgehead atoms. The molecule has 0 saturated carbocycles. The summed E-state index contributed by atoms with van der Waals surface area (Å²) in [6, 6.07) is 5.76. The Hall–Kier alpha value is -1.20. The van der Waals surface area contributed by atoms with Crippen molar-refractivity contribution in [1.82, 2.24) is 10.6 Å². The lowest BCUT2D eigenvalue weighted by Crippen LogP contribution is -2.43. The van der Waals surface area contributed by atoms with E-state index in [4.69, 9.17) is 5.11 Å². The van der Waals surface area contributed by atoms with Crippen LogP contribution < -0.4 is 10.6 Å². The molecular weight excluding hydrogens is 260 g/mol. The van der Waals surface area contributed by atoms with Crippen LogP contribution in [-0.2, 0) is 6.54 Å². The number of benzene rings is 1. The molecule has 1 atom stereocenters. The number of amides is 2. The van der Waals surface area contributed by atoms with Gasteiger partial charge in [0, 0.05) is 11.4 Å². The Morgan fingerprint density at radius 2 is 2.21 bits per heavy atom. The predicted molar refractivity (Wildman–Crippen MR) is 79.5 cm³/mol. The van der Waals surface area contributed by atoms with Gasteiger partial charge in [-0.1, -0.05) is 19.1 Å². The van der Waals surface area contributed by atoms with E-state index >= 15 is 0 Å². The number of carbonyl (C=O) groups is 1. The number of rotatable bonds is 6. The number of aryl methyl sites for hydroxylation is 1. The Kier molecular flexibility index (Phi) is 6.73. The van der Waals surface area contributed by atoms with Gasteiger partial charge in [0.05, 0.1) is 12.6 Å². The standard InChI is InChI=1S/C14H22N2O2S/c1-4-12(9-17)16-14(18)15-8-11-6-5-10(2)7-13(11)19-3/h5-7,12,17H,4,8-9H2,1-3H3,(H2,15,16,18). The fourth-order valence-corrected chi connectivity index (χ4v) is 2.39. The lowest BCUT2D eigenvalue weighted by Gasteiger charge is -2.15. The summed E-state index contributed by atoms with van der Waals surface area (Å²) in [7, 11) is 0. The fourth-order valence-electron chi connectivity index (χ4n) is 1.69. The lowest BCUT2D eigenvalue weighted by atomic mass is 10.1. The molecule has 106 valence electrons. The summed E-state index contributed by atoms with van der Waals surface area (Å²) < 4.78 is 0. The van der Waals surface area contributed by atoms with E-state index in [1.54, 1.807) is 11.8 Å². The van der Waals surface area contributed by atoms with Gasteiger partial charge in [0.1, 0.15) is 0 Å². The molecule has 1 unspecified atom stereocenters. The van der Waals surface area contributed by atoms with E-state index in [1.807, 2.05) is 25.3 Å². The van der Waals surface area contributed by atoms with Crippen LogP contribution in [0.3, 0.4) is 0 Å². The molecule has 0 aliphatic heterocycles. The van der Waals surface area contributed by atoms with Crippen LogP contribution in [-0.4, -0.2) is 30.0 Å². The van der Waals surface area contributed by atoms with Gasteiger partial charge in [0.2, 0.25) is 0 Å². The van der Waals surface area contributed by atoms with Crippen molar-refractivity contribution < 1.29 is 9.90 Å². The summed E-state index contributed by atoms with van der Waals surface area (Å²) in [5.74, 6) is 0. The van der Waals surface area contributed by atoms with Crippen molar-refractivity contribution in [2.45, 2.75) is 37.8 Å². The van der Waals surface area contributed by atoms with Gasteiger partial charge < -0.3 is 15.7 Å². The number of urea groups is 1. The van der Waals surface area contributed by atoms with Crippen molar-refractivity contribution in [1.29, 1.82) is 0 Å². The molecule has 1 rings (SSSR count). The van der Waals surface area contributed by atoms with Crippen LogP contribution in [0.4, 0.5) is 4.79 Å². The monoisotopic (exact) mass is 282 g/mol. The molecule has 1 aromatic carbocycles. The number of hydrogen-bond donors (Lipinski definition) is 3. The zero-order valence-electron chi connectivity index (χ0n) is 11.7. The second kappa shape index (κ2) is 8.07. The summed E-state index contributed by atoms with van der Waals surface area (Å²) in [6.45, 7) is 4.43. The minimum atomic E-state index is -0.242. The Balaban J connectivity index is 2.54. The average Bonchev–Trinajstić information content (AvgIpc) is 2.43. The highest BCUT2D eigenvalue weighted by molar-refractivity contribution is 7.98. The molecular formula is C14H22N2O2S. The first-order chi connectivity index (χ1) is 9.10. The first kappa shape index (κ1) is 15.9. The first-order valence-corrected chi connectivity index (χ1v) is 7.61. The number of carbonyl (C=O) groups excluding carboxylic acids is 1. The van der Waals surface area contributed by atoms with Gasteiger partial charge in [-0.2, -0.15) is 0 Å². The van der Waals surface area contributed by atoms with Gasteiger partial charge in [-0.05, 0) is 36.8 Å². The van der Waals surface area contributed by atoms with Crippen LogP contribution in [0.25, 0.3) is 0 Å². The molecule has 1 aromatic rings. The highest BCUT2D eigenvalue weighted by atomic mass is 32.2. The molecule has 0 heterocycles. The van der Waals surface area contributed by atoms with Gasteiger partial charge in [-0.15, -0.1) is 11.8 Å². The van der Waals surface area contributed by atoms with Crippen LogP contribution in [0.1, 0.15) is 24.5 Å². The smallest absolute Gasteiger partial charge is 0.315 e. The molecule has 0 radical (unpaired) electrons. The Bertz CT molecular complexity index is 420. The summed E-state index contributed by atoms with van der Waals surface area (Å²) in [5, 5.41) is 14.6. The van der Waals surface area contributed by atoms with Gasteiger partial charge in [-0.25, -0.2) is 4.79 Å². The van der Waals surface area contributed by atoms with Crippen LogP contribution in [0, 0.1) is 6.92 Å². The molecule has 0 aliphatic rings. The van der Waals surface area contributed by atoms with Gasteiger partial charge in [0.15, 0.2) is 0 Å². The minimum absolute atomic E-state index is 0.0372. The van der Waals surface area contributed by atoms with E-state index in [0.717, 1.165) is 5.56 Å². The number of aliphatic hydroxyl groups excluding tert-OH is 1. The van der Waals surface area contributed by atoms with Crippen molar-refractivity contribution in [3.63, 3.8) is 0 Å². The van der Waals surface area contributed by atoms with Crippen molar-refractivity contribution in [3.8, 4) is 0 Å². The summed E-state index contributed by atoms with van der Waals surface area (Å²) in [5.41, 5.74) is 2.31. The normalized spacial score (nSPS) is 12.0. The van der Waals surface area contributed by atoms with Gasteiger partial charge in [0.25, 0.3) is 0 Å². The number of thioether (sulfide) groups is 1. The van der Waals surface area contributed by atoms with Gasteiger partial charge in [-0.3, -0.25) is 0 Å². The molecule has 4 nitrogen and oxygen atoms in total. The summed E-state index contributed by atoms with van der Waals surface area (Å²) >= 11 is 1.67. The SMILES string of the molecule is CCC(CO)NC(=O)NCc1ccc(C)cc1SC. The molecule has 0 aliphatic carbocycles. The maximum absolute atomic E-state index is 11.7. The highest BCUT2D eigenvalue weighted by Gasteiger charge is 2.09. The third-order valence-corrected chi connectivity index (χ3v) is 3.75. The zero-order valence-corrected chi connectivity index (χ0v) is 12.5. The van der Waals surface area contributed by atoms with E-state index in [-0.39, 0.29) is 18.7 Å². The first-order valence-electron chi connectivity index (χ1n) is 6.39. The van der Waals surface area contributed by atoms with E-state index < -0.39 is 0 Å². The maximum Gasteiger partial charge on any atom is 0.315 e. The Labute approximate surface area is 119 Å². The third kappa shape index (κ3) is 5.12. The minimum Gasteiger partial charge on any atom is -0.394 e. The van der Waals surface area contributed by atoms with Crippen molar-refractivity contribution >= 4 is 17.8 Å². The van der Waals surface area contributed by atoms with E-state index in [2.05, 4.69) is 23.6 Å². The zero-order chi connectivity index (χ0) is 14.3. The van der Waals surface area contributed by atoms with Crippen LogP contribution >= 0.6 is 11.8 Å². The molecule has 19 heavy (non-hydrogen) atoms. The molecule has 3 N–H and O–H groups in total. The van der Waals surface area contributed by atoms with E-state index in [9.17, 15) is 4.79 Å². The van der Waals surface area contributed by atoms with Crippen LogP contribution in [0.15, 0.2) is 23.1 Å². The van der Waals surface area contributed by atoms with Crippen molar-refractivity contribution in [2.24, 2.45) is 0 Å². The Morgan fingerprint density at radius 1 is 1.47 bits per heavy atom. The third-order valence-electron chi connectivity index (χ3n) is 2.93. The molecule has 0 saturated heterocycles. The number of aliphatic hydroxyl groups is 1. The summed E-state index contributed by atoms with van der Waals surface area (Å²) in [6.07, 6.45) is 2.74. The van der Waals surface area contributed by atoms with Crippen molar-refractivity contribution in [3.05, 3.63) is 29.3 Å². The molecule has 0 aromatic heterocycles. The van der Waals surface area contributed by atoms with Gasteiger partial charge >= 0.3 is 6.03 Å². The van der Waals surface area contributed by atoms with Crippen LogP contribution in [0.2, 0.25) is 0 Å². The second-order valence-corrected chi connectivity index (χ2v) is 5.28. The number of hydrogen-bond acceptors (Lipinski definition) is 3. The lowest BCUT2D eigenvalue weighted by molar-refractivity contribution is 0.214. The highest BCUT2D eigenvalue weighted by Crippen LogP contribution is 2.21. The van der Waals surface area contributed by atoms with E-state index in [0.29, 0.717) is 13.0 Å². The average molecular weight is 282 g/mol. The largest absolute Gasteiger partial charge is 0.394 e. The van der Waals surface area contributed by atoms with Crippen molar-refractivity contribution in [2.75, 3.05) is 12.9 Å². The Morgan fingerprint density at radius 3 is 2.79 bits per heavy atom. The maximum atomic E-state index is 11.7. The molecule has 0 spiro atoms. The van der Waals surface area contributed by atoms with E-state index in [1.165, 1.54) is 10.5 Å². The molecule has 5 heteroatoms. The summed E-state index contributed by atoms with van der Waals surface area (Å²) in [4.78, 5) is 12.8. The second-order valence-electron chi connectivity index (χ2n) is 4.43. The topological polar surface area (TPSA) is 61.4 Å². The predicted octanol–water partition coefficient (Wildman–Crippen LogP) is 2.29. The quantitative estimate of drug-likeness (QED) is 0.702. The van der Waals surface area contributed by atoms with Crippen LogP contribution in [0.5, 0.6) is 0 Å². The number of nitrogens with one attached hydrogen (secondary N) is 2. The molecule has 2 amide bonds. The molecule has 0 fully saturated rings.